The Balaban J connectivity index is 1.44. The fourth-order valence-electron chi connectivity index (χ4n) is 5.19. The number of aromatic nitrogens is 1. The number of nitrogens with one attached hydrogen (secondary N) is 2. The van der Waals surface area contributed by atoms with E-state index < -0.39 is 12.0 Å². The third-order valence-electron chi connectivity index (χ3n) is 7.14. The van der Waals surface area contributed by atoms with Crippen LogP contribution in [-0.2, 0) is 4.79 Å². The normalized spacial score (nSPS) is 22.7. The molecule has 4 heterocycles. The summed E-state index contributed by atoms with van der Waals surface area (Å²) >= 11 is 0. The molecule has 3 aliphatic rings. The Morgan fingerprint density at radius 3 is 2.65 bits per heavy atom. The first-order valence-electron chi connectivity index (χ1n) is 12.0. The van der Waals surface area contributed by atoms with Crippen molar-refractivity contribution in [2.45, 2.75) is 43.6 Å². The van der Waals surface area contributed by atoms with E-state index in [0.29, 0.717) is 30.5 Å². The summed E-state index contributed by atoms with van der Waals surface area (Å²) < 4.78 is 28.2. The maximum absolute atomic E-state index is 14.1. The van der Waals surface area contributed by atoms with E-state index in [4.69, 9.17) is 4.98 Å². The summed E-state index contributed by atoms with van der Waals surface area (Å²) in [7, 11) is 2.16. The van der Waals surface area contributed by atoms with Gasteiger partial charge in [0.25, 0.3) is 5.92 Å². The van der Waals surface area contributed by atoms with Gasteiger partial charge in [0, 0.05) is 24.2 Å². The van der Waals surface area contributed by atoms with Crippen molar-refractivity contribution in [2.75, 3.05) is 43.4 Å². The van der Waals surface area contributed by atoms with Crippen molar-refractivity contribution in [1.82, 2.24) is 15.2 Å². The van der Waals surface area contributed by atoms with E-state index in [9.17, 15) is 13.6 Å². The average molecular weight is 468 g/mol. The van der Waals surface area contributed by atoms with Crippen LogP contribution in [0, 0.1) is 0 Å². The fraction of sp³-hybridized carbons (Fsp3) is 0.462. The van der Waals surface area contributed by atoms with Gasteiger partial charge in [-0.3, -0.25) is 0 Å². The van der Waals surface area contributed by atoms with E-state index in [1.165, 1.54) is 5.56 Å². The Morgan fingerprint density at radius 1 is 1.18 bits per heavy atom. The predicted molar refractivity (Wildman–Crippen MR) is 131 cm³/mol. The number of hydrogen-bond donors (Lipinski definition) is 2. The summed E-state index contributed by atoms with van der Waals surface area (Å²) in [6.45, 7) is 2.40. The molecule has 180 valence electrons. The number of benzene rings is 1. The first kappa shape index (κ1) is 22.8. The van der Waals surface area contributed by atoms with E-state index in [2.05, 4.69) is 34.7 Å². The molecule has 6 nitrogen and oxygen atoms in total. The Bertz CT molecular complexity index is 1060. The molecule has 1 aromatic carbocycles. The van der Waals surface area contributed by atoms with Crippen LogP contribution in [-0.4, -0.2) is 55.3 Å². The molecule has 1 aromatic heterocycles. The minimum absolute atomic E-state index is 0.0970. The lowest BCUT2D eigenvalue weighted by atomic mass is 9.89. The van der Waals surface area contributed by atoms with E-state index in [1.54, 1.807) is 17.2 Å². The molecule has 1 unspecified atom stereocenters. The number of aldehydes is 1. The van der Waals surface area contributed by atoms with Crippen LogP contribution in [0.25, 0.3) is 6.08 Å². The number of rotatable bonds is 5. The zero-order valence-electron chi connectivity index (χ0n) is 19.4. The van der Waals surface area contributed by atoms with Crippen molar-refractivity contribution >= 4 is 29.7 Å². The number of fused-ring (bicyclic) bond motifs is 1. The lowest BCUT2D eigenvalue weighted by molar-refractivity contribution is -0.109. The maximum atomic E-state index is 14.1. The Kier molecular flexibility index (Phi) is 6.25. The zero-order valence-corrected chi connectivity index (χ0v) is 19.4. The quantitative estimate of drug-likeness (QED) is 0.623. The van der Waals surface area contributed by atoms with Gasteiger partial charge < -0.3 is 25.2 Å². The van der Waals surface area contributed by atoms with Crippen molar-refractivity contribution in [1.29, 1.82) is 0 Å². The predicted octanol–water partition coefficient (Wildman–Crippen LogP) is 4.68. The van der Waals surface area contributed by atoms with E-state index >= 15 is 0 Å². The molecule has 2 N–H and O–H groups in total. The molecule has 2 saturated heterocycles. The van der Waals surface area contributed by atoms with Gasteiger partial charge in [-0.05, 0) is 86.9 Å². The van der Waals surface area contributed by atoms with Crippen LogP contribution in [0.5, 0.6) is 0 Å². The van der Waals surface area contributed by atoms with Gasteiger partial charge in [-0.2, -0.15) is 0 Å². The summed E-state index contributed by atoms with van der Waals surface area (Å²) in [5.74, 6) is -1.15. The van der Waals surface area contributed by atoms with Gasteiger partial charge in [-0.15, -0.1) is 0 Å². The molecule has 0 saturated carbocycles. The molecule has 2 aromatic rings. The average Bonchev–Trinajstić information content (AvgIpc) is 2.84. The van der Waals surface area contributed by atoms with Gasteiger partial charge >= 0.3 is 0 Å². The second-order valence-electron chi connectivity index (χ2n) is 9.65. The Morgan fingerprint density at radius 2 is 1.94 bits per heavy atom. The molecule has 34 heavy (non-hydrogen) atoms. The number of piperidine rings is 2. The number of carbonyl (C=O) groups is 1. The molecule has 0 spiro atoms. The van der Waals surface area contributed by atoms with Crippen molar-refractivity contribution in [2.24, 2.45) is 0 Å². The van der Waals surface area contributed by atoms with Crippen molar-refractivity contribution in [3.63, 3.8) is 0 Å². The monoisotopic (exact) mass is 467 g/mol. The number of likely N-dealkylation sites (tertiary alicyclic amines) is 1. The minimum atomic E-state index is -2.73. The second-order valence-corrected chi connectivity index (χ2v) is 9.65. The van der Waals surface area contributed by atoms with Crippen LogP contribution in [0.4, 0.5) is 26.1 Å². The third kappa shape index (κ3) is 4.78. The van der Waals surface area contributed by atoms with Gasteiger partial charge in [0.05, 0.1) is 6.54 Å². The van der Waals surface area contributed by atoms with Gasteiger partial charge in [-0.1, -0.05) is 12.1 Å². The highest BCUT2D eigenvalue weighted by Gasteiger charge is 2.36. The summed E-state index contributed by atoms with van der Waals surface area (Å²) in [6.07, 6.45) is 7.04. The Labute approximate surface area is 199 Å². The fourth-order valence-corrected chi connectivity index (χ4v) is 5.19. The zero-order chi connectivity index (χ0) is 23.7. The summed E-state index contributed by atoms with van der Waals surface area (Å²) in [5.41, 5.74) is 3.71. The molecule has 5 rings (SSSR count). The number of nitrogens with zero attached hydrogens (tertiary/aromatic N) is 3. The van der Waals surface area contributed by atoms with Crippen molar-refractivity contribution in [3.05, 3.63) is 53.2 Å². The SMILES string of the molecule is CN1CCC(c2ccc(Nc3nc(N4CCCC(F)(F)C4)cc4c3C(C=O)NC=C4)cc2)CC1. The standard InChI is InChI=1S/C26H31F2N5O/c1-32-13-8-19(9-14-32)18-3-5-21(6-4-18)30-25-24-20(7-11-29-22(24)16-34)15-23(31-25)33-12-2-10-26(27,28)17-33/h3-7,11,15-16,19,22,29H,2,8-10,12-14,17H2,1H3,(H,30,31). The van der Waals surface area contributed by atoms with Crippen LogP contribution < -0.4 is 15.5 Å². The molecule has 0 aliphatic carbocycles. The highest BCUT2D eigenvalue weighted by Crippen LogP contribution is 2.36. The molecule has 1 atom stereocenters. The number of pyridine rings is 1. The lowest BCUT2D eigenvalue weighted by Crippen LogP contribution is -2.43. The summed E-state index contributed by atoms with van der Waals surface area (Å²) in [6, 6.07) is 9.62. The van der Waals surface area contributed by atoms with Crippen molar-refractivity contribution in [3.8, 4) is 0 Å². The van der Waals surface area contributed by atoms with Crippen LogP contribution >= 0.6 is 0 Å². The third-order valence-corrected chi connectivity index (χ3v) is 7.14. The molecule has 0 bridgehead atoms. The smallest absolute Gasteiger partial charge is 0.265 e. The molecule has 3 aliphatic heterocycles. The molecule has 2 fully saturated rings. The highest BCUT2D eigenvalue weighted by atomic mass is 19.3. The van der Waals surface area contributed by atoms with Crippen LogP contribution in [0.3, 0.4) is 0 Å². The van der Waals surface area contributed by atoms with Crippen LogP contribution in [0.15, 0.2) is 36.5 Å². The molecule has 8 heteroatoms. The first-order valence-corrected chi connectivity index (χ1v) is 12.0. The molecule has 0 radical (unpaired) electrons. The lowest BCUT2D eigenvalue weighted by Gasteiger charge is -2.34. The van der Waals surface area contributed by atoms with Crippen LogP contribution in [0.1, 0.15) is 54.3 Å². The van der Waals surface area contributed by atoms with E-state index in [0.717, 1.165) is 49.0 Å². The van der Waals surface area contributed by atoms with Gasteiger partial charge in [0.1, 0.15) is 24.0 Å². The van der Waals surface area contributed by atoms with Crippen molar-refractivity contribution < 1.29 is 13.6 Å². The number of alkyl halides is 2. The second kappa shape index (κ2) is 9.33. The summed E-state index contributed by atoms with van der Waals surface area (Å²) in [5, 5.41) is 6.42. The van der Waals surface area contributed by atoms with Crippen LogP contribution in [0.2, 0.25) is 0 Å². The van der Waals surface area contributed by atoms with Gasteiger partial charge in [-0.25, -0.2) is 13.8 Å². The number of anilines is 3. The first-order chi connectivity index (χ1) is 16.4. The maximum Gasteiger partial charge on any atom is 0.265 e. The van der Waals surface area contributed by atoms with Gasteiger partial charge in [0.15, 0.2) is 0 Å². The topological polar surface area (TPSA) is 60.5 Å². The molecular formula is C26H31F2N5O. The minimum Gasteiger partial charge on any atom is -0.378 e. The van der Waals surface area contributed by atoms with E-state index in [-0.39, 0.29) is 13.0 Å². The van der Waals surface area contributed by atoms with Gasteiger partial charge in [0.2, 0.25) is 0 Å². The largest absolute Gasteiger partial charge is 0.378 e. The molecule has 0 amide bonds. The van der Waals surface area contributed by atoms with E-state index in [1.807, 2.05) is 18.2 Å². The Hall–Kier alpha value is -3.00. The highest BCUT2D eigenvalue weighted by molar-refractivity contribution is 5.78. The number of halogens is 2. The summed E-state index contributed by atoms with van der Waals surface area (Å²) in [4.78, 5) is 20.5. The number of hydrogen-bond acceptors (Lipinski definition) is 6. The number of carbonyl (C=O) groups excluding carboxylic acids is 1. The molecular weight excluding hydrogens is 436 g/mol.